The second kappa shape index (κ2) is 9.45. The largest absolute Gasteiger partial charge is 0.383 e. The maximum absolute atomic E-state index is 13.8. The van der Waals surface area contributed by atoms with Gasteiger partial charge in [-0.3, -0.25) is 9.59 Å². The van der Waals surface area contributed by atoms with Gasteiger partial charge in [0.25, 0.3) is 5.91 Å². The average Bonchev–Trinajstić information content (AvgIpc) is 3.33. The van der Waals surface area contributed by atoms with E-state index in [2.05, 4.69) is 12.2 Å². The van der Waals surface area contributed by atoms with Crippen LogP contribution < -0.4 is 5.32 Å². The quantitative estimate of drug-likeness (QED) is 0.577. The minimum absolute atomic E-state index is 0.0657. The van der Waals surface area contributed by atoms with Gasteiger partial charge in [-0.2, -0.15) is 0 Å². The highest BCUT2D eigenvalue weighted by Gasteiger charge is 2.44. The molecule has 31 heavy (non-hydrogen) atoms. The summed E-state index contributed by atoms with van der Waals surface area (Å²) in [5.41, 5.74) is 3.25. The zero-order valence-corrected chi connectivity index (χ0v) is 18.5. The molecule has 0 unspecified atom stereocenters. The van der Waals surface area contributed by atoms with Gasteiger partial charge in [0, 0.05) is 29.8 Å². The van der Waals surface area contributed by atoms with E-state index in [4.69, 9.17) is 4.74 Å². The van der Waals surface area contributed by atoms with Crippen LogP contribution in [0.2, 0.25) is 0 Å². The lowest BCUT2D eigenvalue weighted by Crippen LogP contribution is -2.47. The molecule has 2 atom stereocenters. The molecule has 3 aromatic rings. The molecule has 0 radical (unpaired) electrons. The fourth-order valence-corrected chi connectivity index (χ4v) is 5.12. The minimum Gasteiger partial charge on any atom is -0.383 e. The monoisotopic (exact) mass is 434 g/mol. The molecule has 1 aliphatic rings. The Hall–Kier alpha value is -2.96. The molecule has 2 aromatic carbocycles. The predicted octanol–water partition coefficient (Wildman–Crippen LogP) is 4.88. The van der Waals surface area contributed by atoms with Crippen molar-refractivity contribution in [1.82, 2.24) is 4.90 Å². The molecule has 4 rings (SSSR count). The van der Waals surface area contributed by atoms with Gasteiger partial charge in [-0.25, -0.2) is 0 Å². The van der Waals surface area contributed by atoms with Gasteiger partial charge >= 0.3 is 0 Å². The molecule has 6 heteroatoms. The number of carbonyl (C=O) groups is 2. The van der Waals surface area contributed by atoms with Crippen LogP contribution in [0.25, 0.3) is 0 Å². The standard InChI is InChI=1S/C25H26N2O3S/c1-3-17-9-4-7-12-20(17)26-24(28)22-18-10-5-6-11-19(18)25(29)27(14-15-30-2)23(22)21-13-8-16-31-21/h4-13,16,22-23H,3,14-15H2,1-2H3,(H,26,28)/t22-,23+/m1/s1. The number of rotatable bonds is 7. The van der Waals surface area contributed by atoms with Gasteiger partial charge < -0.3 is 15.0 Å². The fraction of sp³-hybridized carbons (Fsp3) is 0.280. The van der Waals surface area contributed by atoms with E-state index in [9.17, 15) is 9.59 Å². The van der Waals surface area contributed by atoms with Crippen molar-refractivity contribution in [3.8, 4) is 0 Å². The second-order valence-corrected chi connectivity index (χ2v) is 8.50. The molecular weight excluding hydrogens is 408 g/mol. The van der Waals surface area contributed by atoms with Gasteiger partial charge in [0.15, 0.2) is 0 Å². The first kappa shape index (κ1) is 21.3. The van der Waals surface area contributed by atoms with E-state index >= 15 is 0 Å². The molecule has 2 heterocycles. The van der Waals surface area contributed by atoms with E-state index in [1.807, 2.05) is 66.0 Å². The van der Waals surface area contributed by atoms with Crippen molar-refractivity contribution >= 4 is 28.8 Å². The third-order valence-corrected chi connectivity index (χ3v) is 6.69. The van der Waals surface area contributed by atoms with Crippen molar-refractivity contribution in [3.63, 3.8) is 0 Å². The lowest BCUT2D eigenvalue weighted by atomic mass is 9.81. The lowest BCUT2D eigenvalue weighted by molar-refractivity contribution is -0.119. The fourth-order valence-electron chi connectivity index (χ4n) is 4.25. The zero-order chi connectivity index (χ0) is 21.8. The second-order valence-electron chi connectivity index (χ2n) is 7.52. The van der Waals surface area contributed by atoms with Crippen molar-refractivity contribution in [1.29, 1.82) is 0 Å². The summed E-state index contributed by atoms with van der Waals surface area (Å²) in [4.78, 5) is 29.9. The SMILES string of the molecule is CCc1ccccc1NC(=O)[C@@H]1c2ccccc2C(=O)N(CCOC)[C@H]1c1cccs1. The van der Waals surface area contributed by atoms with E-state index in [1.54, 1.807) is 23.3 Å². The smallest absolute Gasteiger partial charge is 0.254 e. The molecule has 1 aromatic heterocycles. The Bertz CT molecular complexity index is 1060. The molecule has 2 amide bonds. The first-order chi connectivity index (χ1) is 15.2. The van der Waals surface area contributed by atoms with Crippen LogP contribution in [0.1, 0.15) is 45.2 Å². The molecule has 1 N–H and O–H groups in total. The number of hydrogen-bond acceptors (Lipinski definition) is 4. The molecule has 0 bridgehead atoms. The Labute approximate surface area is 186 Å². The van der Waals surface area contributed by atoms with E-state index in [0.717, 1.165) is 28.1 Å². The van der Waals surface area contributed by atoms with Crippen LogP contribution in [0.3, 0.4) is 0 Å². The van der Waals surface area contributed by atoms with Crippen LogP contribution in [0.4, 0.5) is 5.69 Å². The molecule has 0 saturated heterocycles. The number of anilines is 1. The number of methoxy groups -OCH3 is 1. The number of fused-ring (bicyclic) bond motifs is 1. The summed E-state index contributed by atoms with van der Waals surface area (Å²) in [5, 5.41) is 5.13. The number of ether oxygens (including phenoxy) is 1. The van der Waals surface area contributed by atoms with E-state index in [-0.39, 0.29) is 17.9 Å². The number of aryl methyl sites for hydroxylation is 1. The van der Waals surface area contributed by atoms with E-state index in [1.165, 1.54) is 0 Å². The Kier molecular flexibility index (Phi) is 6.49. The number of hydrogen-bond donors (Lipinski definition) is 1. The highest BCUT2D eigenvalue weighted by molar-refractivity contribution is 7.10. The topological polar surface area (TPSA) is 58.6 Å². The van der Waals surface area contributed by atoms with Crippen molar-refractivity contribution in [3.05, 3.63) is 87.6 Å². The molecule has 0 spiro atoms. The summed E-state index contributed by atoms with van der Waals surface area (Å²) < 4.78 is 5.28. The van der Waals surface area contributed by atoms with Gasteiger partial charge in [0.2, 0.25) is 5.91 Å². The van der Waals surface area contributed by atoms with Gasteiger partial charge in [-0.05, 0) is 41.1 Å². The highest BCUT2D eigenvalue weighted by atomic mass is 32.1. The summed E-state index contributed by atoms with van der Waals surface area (Å²) in [6.07, 6.45) is 0.824. The Morgan fingerprint density at radius 3 is 2.61 bits per heavy atom. The van der Waals surface area contributed by atoms with Crippen LogP contribution in [-0.4, -0.2) is 37.0 Å². The number of amides is 2. The van der Waals surface area contributed by atoms with Gasteiger partial charge in [-0.1, -0.05) is 49.4 Å². The lowest BCUT2D eigenvalue weighted by Gasteiger charge is -2.41. The normalized spacial score (nSPS) is 18.0. The summed E-state index contributed by atoms with van der Waals surface area (Å²) >= 11 is 1.56. The van der Waals surface area contributed by atoms with Crippen molar-refractivity contribution in [2.24, 2.45) is 0 Å². The molecule has 0 aliphatic carbocycles. The Morgan fingerprint density at radius 2 is 1.87 bits per heavy atom. The number of carbonyl (C=O) groups excluding carboxylic acids is 2. The van der Waals surface area contributed by atoms with Gasteiger partial charge in [0.05, 0.1) is 18.6 Å². The summed E-state index contributed by atoms with van der Waals surface area (Å²) in [5.74, 6) is -0.694. The van der Waals surface area contributed by atoms with Crippen LogP contribution >= 0.6 is 11.3 Å². The van der Waals surface area contributed by atoms with Crippen LogP contribution in [0.15, 0.2) is 66.0 Å². The summed E-state index contributed by atoms with van der Waals surface area (Å²) in [6.45, 7) is 2.89. The first-order valence-corrected chi connectivity index (χ1v) is 11.3. The maximum Gasteiger partial charge on any atom is 0.254 e. The number of para-hydroxylation sites is 1. The number of nitrogens with one attached hydrogen (secondary N) is 1. The molecule has 5 nitrogen and oxygen atoms in total. The van der Waals surface area contributed by atoms with Gasteiger partial charge in [-0.15, -0.1) is 11.3 Å². The Balaban J connectivity index is 1.80. The number of benzene rings is 2. The summed E-state index contributed by atoms with van der Waals surface area (Å²) in [6, 6.07) is 18.9. The predicted molar refractivity (Wildman–Crippen MR) is 124 cm³/mol. The maximum atomic E-state index is 13.8. The van der Waals surface area contributed by atoms with Crippen molar-refractivity contribution in [2.75, 3.05) is 25.6 Å². The third-order valence-electron chi connectivity index (χ3n) is 5.75. The summed E-state index contributed by atoms with van der Waals surface area (Å²) in [7, 11) is 1.62. The molecule has 0 saturated carbocycles. The minimum atomic E-state index is -0.519. The van der Waals surface area contributed by atoms with Crippen molar-refractivity contribution < 1.29 is 14.3 Å². The van der Waals surface area contributed by atoms with E-state index < -0.39 is 5.92 Å². The molecular formula is C25H26N2O3S. The van der Waals surface area contributed by atoms with Crippen LogP contribution in [-0.2, 0) is 16.0 Å². The molecule has 0 fully saturated rings. The van der Waals surface area contributed by atoms with Gasteiger partial charge in [0.1, 0.15) is 0 Å². The first-order valence-electron chi connectivity index (χ1n) is 10.5. The number of nitrogens with zero attached hydrogens (tertiary/aromatic N) is 1. The van der Waals surface area contributed by atoms with Crippen molar-refractivity contribution in [2.45, 2.75) is 25.3 Å². The van der Waals surface area contributed by atoms with Crippen LogP contribution in [0, 0.1) is 0 Å². The number of thiophene rings is 1. The average molecular weight is 435 g/mol. The van der Waals surface area contributed by atoms with Crippen LogP contribution in [0.5, 0.6) is 0 Å². The zero-order valence-electron chi connectivity index (χ0n) is 17.7. The highest BCUT2D eigenvalue weighted by Crippen LogP contribution is 2.44. The third kappa shape index (κ3) is 4.13. The van der Waals surface area contributed by atoms with E-state index in [0.29, 0.717) is 18.7 Å². The molecule has 160 valence electrons. The Morgan fingerprint density at radius 1 is 1.10 bits per heavy atom. The molecule has 1 aliphatic heterocycles.